The standard InChI is InChI=1S/C10H12N4OS/c1-6(2)12-9(15)14-10-13-7-4-3-5-11-8(7)16-10/h3-6H,1-2H3,(H2,12,13,14,15). The van der Waals surface area contributed by atoms with Gasteiger partial charge in [0.2, 0.25) is 0 Å². The van der Waals surface area contributed by atoms with Gasteiger partial charge in [0.05, 0.1) is 0 Å². The van der Waals surface area contributed by atoms with Crippen molar-refractivity contribution in [1.82, 2.24) is 15.3 Å². The second-order valence-corrected chi connectivity index (χ2v) is 4.58. The lowest BCUT2D eigenvalue weighted by atomic mass is 10.4. The molecule has 2 amide bonds. The number of carbonyl (C=O) groups is 1. The Hall–Kier alpha value is -1.69. The lowest BCUT2D eigenvalue weighted by Gasteiger charge is -2.07. The van der Waals surface area contributed by atoms with Gasteiger partial charge in [0.1, 0.15) is 10.3 Å². The molecule has 5 nitrogen and oxygen atoms in total. The average Bonchev–Trinajstić information content (AvgIpc) is 2.57. The minimum absolute atomic E-state index is 0.104. The van der Waals surface area contributed by atoms with Crippen molar-refractivity contribution in [3.8, 4) is 0 Å². The van der Waals surface area contributed by atoms with Crippen molar-refractivity contribution in [3.05, 3.63) is 18.3 Å². The normalized spacial score (nSPS) is 10.7. The fourth-order valence-corrected chi connectivity index (χ4v) is 2.02. The molecular weight excluding hydrogens is 224 g/mol. The number of amides is 2. The maximum Gasteiger partial charge on any atom is 0.321 e. The Labute approximate surface area is 96.9 Å². The number of hydrogen-bond donors (Lipinski definition) is 2. The van der Waals surface area contributed by atoms with Crippen LogP contribution in [0.25, 0.3) is 10.3 Å². The van der Waals surface area contributed by atoms with Crippen molar-refractivity contribution < 1.29 is 4.79 Å². The smallest absolute Gasteiger partial charge is 0.321 e. The number of nitrogens with one attached hydrogen (secondary N) is 2. The Kier molecular flexibility index (Phi) is 3.00. The topological polar surface area (TPSA) is 66.9 Å². The van der Waals surface area contributed by atoms with Gasteiger partial charge in [-0.1, -0.05) is 11.3 Å². The van der Waals surface area contributed by atoms with Crippen molar-refractivity contribution in [2.75, 3.05) is 5.32 Å². The van der Waals surface area contributed by atoms with Crippen LogP contribution in [-0.2, 0) is 0 Å². The Morgan fingerprint density at radius 3 is 3.00 bits per heavy atom. The van der Waals surface area contributed by atoms with E-state index in [1.165, 1.54) is 11.3 Å². The lowest BCUT2D eigenvalue weighted by Crippen LogP contribution is -2.34. The van der Waals surface area contributed by atoms with Gasteiger partial charge in [-0.25, -0.2) is 14.8 Å². The highest BCUT2D eigenvalue weighted by Gasteiger charge is 2.08. The zero-order valence-corrected chi connectivity index (χ0v) is 9.84. The van der Waals surface area contributed by atoms with Gasteiger partial charge in [0.15, 0.2) is 5.13 Å². The van der Waals surface area contributed by atoms with E-state index in [1.54, 1.807) is 6.20 Å². The predicted molar refractivity (Wildman–Crippen MR) is 64.7 cm³/mol. The Bertz CT molecular complexity index is 475. The number of anilines is 1. The zero-order valence-electron chi connectivity index (χ0n) is 9.02. The molecule has 0 saturated heterocycles. The van der Waals surface area contributed by atoms with E-state index in [1.807, 2.05) is 26.0 Å². The van der Waals surface area contributed by atoms with Crippen molar-refractivity contribution in [3.63, 3.8) is 0 Å². The van der Waals surface area contributed by atoms with Crippen LogP contribution in [0.4, 0.5) is 9.93 Å². The fourth-order valence-electron chi connectivity index (χ4n) is 1.22. The van der Waals surface area contributed by atoms with Crippen molar-refractivity contribution in [2.24, 2.45) is 0 Å². The molecule has 0 atom stereocenters. The molecule has 2 heterocycles. The molecule has 0 aliphatic rings. The van der Waals surface area contributed by atoms with E-state index in [0.29, 0.717) is 5.13 Å². The first-order valence-corrected chi connectivity index (χ1v) is 5.76. The van der Waals surface area contributed by atoms with E-state index >= 15 is 0 Å². The highest BCUT2D eigenvalue weighted by atomic mass is 32.1. The summed E-state index contributed by atoms with van der Waals surface area (Å²) in [6.45, 7) is 3.80. The highest BCUT2D eigenvalue weighted by molar-refractivity contribution is 7.21. The summed E-state index contributed by atoms with van der Waals surface area (Å²) in [5.74, 6) is 0. The second kappa shape index (κ2) is 4.44. The molecule has 0 radical (unpaired) electrons. The predicted octanol–water partition coefficient (Wildman–Crippen LogP) is 2.22. The number of fused-ring (bicyclic) bond motifs is 1. The Balaban J connectivity index is 2.12. The van der Waals surface area contributed by atoms with Gasteiger partial charge in [-0.05, 0) is 26.0 Å². The Morgan fingerprint density at radius 1 is 1.50 bits per heavy atom. The molecular formula is C10H12N4OS. The summed E-state index contributed by atoms with van der Waals surface area (Å²) in [6.07, 6.45) is 1.71. The molecule has 0 unspecified atom stereocenters. The molecule has 16 heavy (non-hydrogen) atoms. The fraction of sp³-hybridized carbons (Fsp3) is 0.300. The molecule has 0 saturated carbocycles. The Morgan fingerprint density at radius 2 is 2.31 bits per heavy atom. The van der Waals surface area contributed by atoms with E-state index in [0.717, 1.165) is 10.3 Å². The summed E-state index contributed by atoms with van der Waals surface area (Å²) in [6, 6.07) is 3.55. The van der Waals surface area contributed by atoms with Crippen LogP contribution in [0.15, 0.2) is 18.3 Å². The molecule has 2 rings (SSSR count). The molecule has 84 valence electrons. The number of pyridine rings is 1. The number of nitrogens with zero attached hydrogens (tertiary/aromatic N) is 2. The van der Waals surface area contributed by atoms with Crippen LogP contribution in [-0.4, -0.2) is 22.0 Å². The van der Waals surface area contributed by atoms with Gasteiger partial charge >= 0.3 is 6.03 Å². The van der Waals surface area contributed by atoms with Gasteiger partial charge in [0, 0.05) is 12.2 Å². The third-order valence-corrected chi connectivity index (χ3v) is 2.70. The minimum atomic E-state index is -0.242. The summed E-state index contributed by atoms with van der Waals surface area (Å²) in [7, 11) is 0. The third kappa shape index (κ3) is 2.46. The van der Waals surface area contributed by atoms with E-state index in [-0.39, 0.29) is 12.1 Å². The van der Waals surface area contributed by atoms with Gasteiger partial charge in [-0.15, -0.1) is 0 Å². The monoisotopic (exact) mass is 236 g/mol. The summed E-state index contributed by atoms with van der Waals surface area (Å²) < 4.78 is 0. The molecule has 0 bridgehead atoms. The number of carbonyl (C=O) groups excluding carboxylic acids is 1. The second-order valence-electron chi connectivity index (χ2n) is 3.60. The van der Waals surface area contributed by atoms with Crippen LogP contribution >= 0.6 is 11.3 Å². The maximum absolute atomic E-state index is 11.4. The minimum Gasteiger partial charge on any atom is -0.336 e. The molecule has 0 fully saturated rings. The summed E-state index contributed by atoms with van der Waals surface area (Å²) >= 11 is 1.36. The molecule has 0 aliphatic carbocycles. The van der Waals surface area contributed by atoms with Crippen LogP contribution in [0.5, 0.6) is 0 Å². The highest BCUT2D eigenvalue weighted by Crippen LogP contribution is 2.23. The molecule has 2 aromatic rings. The van der Waals surface area contributed by atoms with E-state index in [9.17, 15) is 4.79 Å². The van der Waals surface area contributed by atoms with Gasteiger partial charge in [-0.2, -0.15) is 0 Å². The summed E-state index contributed by atoms with van der Waals surface area (Å²) in [5.41, 5.74) is 0.798. The maximum atomic E-state index is 11.4. The van der Waals surface area contributed by atoms with Crippen molar-refractivity contribution >= 4 is 32.8 Å². The first kappa shape index (κ1) is 10.8. The number of rotatable bonds is 2. The first-order valence-electron chi connectivity index (χ1n) is 4.94. The number of urea groups is 1. The largest absolute Gasteiger partial charge is 0.336 e. The van der Waals surface area contributed by atoms with Crippen LogP contribution in [0.1, 0.15) is 13.8 Å². The summed E-state index contributed by atoms with van der Waals surface area (Å²) in [4.78, 5) is 20.6. The SMILES string of the molecule is CC(C)NC(=O)Nc1nc2cccnc2s1. The van der Waals surface area contributed by atoms with Crippen LogP contribution < -0.4 is 10.6 Å². The van der Waals surface area contributed by atoms with Gasteiger partial charge in [-0.3, -0.25) is 5.32 Å². The quantitative estimate of drug-likeness (QED) is 0.840. The van der Waals surface area contributed by atoms with Gasteiger partial charge in [0.25, 0.3) is 0 Å². The molecule has 0 spiro atoms. The number of hydrogen-bond acceptors (Lipinski definition) is 4. The van der Waals surface area contributed by atoms with E-state index in [2.05, 4.69) is 20.6 Å². The third-order valence-electron chi connectivity index (χ3n) is 1.81. The first-order chi connectivity index (χ1) is 7.65. The van der Waals surface area contributed by atoms with Crippen LogP contribution in [0, 0.1) is 0 Å². The zero-order chi connectivity index (χ0) is 11.5. The molecule has 2 N–H and O–H groups in total. The summed E-state index contributed by atoms with van der Waals surface area (Å²) in [5, 5.41) is 5.97. The van der Waals surface area contributed by atoms with Crippen molar-refractivity contribution in [1.29, 1.82) is 0 Å². The molecule has 0 aromatic carbocycles. The number of aromatic nitrogens is 2. The van der Waals surface area contributed by atoms with Crippen molar-refractivity contribution in [2.45, 2.75) is 19.9 Å². The van der Waals surface area contributed by atoms with E-state index < -0.39 is 0 Å². The van der Waals surface area contributed by atoms with Crippen LogP contribution in [0.2, 0.25) is 0 Å². The molecule has 6 heteroatoms. The average molecular weight is 236 g/mol. The van der Waals surface area contributed by atoms with Gasteiger partial charge < -0.3 is 5.32 Å². The molecule has 0 aliphatic heterocycles. The van der Waals surface area contributed by atoms with E-state index in [4.69, 9.17) is 0 Å². The van der Waals surface area contributed by atoms with Crippen LogP contribution in [0.3, 0.4) is 0 Å². The lowest BCUT2D eigenvalue weighted by molar-refractivity contribution is 0.250. The number of thiazole rings is 1. The molecule has 2 aromatic heterocycles.